The summed E-state index contributed by atoms with van der Waals surface area (Å²) in [4.78, 5) is 14.3. The number of piperidine rings is 1. The molecule has 1 aliphatic heterocycles. The molecule has 2 N–H and O–H groups in total. The number of carbonyl (C=O) groups excluding carboxylic acids is 1. The molecule has 0 saturated carbocycles. The third-order valence-corrected chi connectivity index (χ3v) is 4.49. The van der Waals surface area contributed by atoms with Gasteiger partial charge in [0.15, 0.2) is 0 Å². The molecule has 108 valence electrons. The maximum atomic E-state index is 11.7. The van der Waals surface area contributed by atoms with Gasteiger partial charge >= 0.3 is 0 Å². The Labute approximate surface area is 125 Å². The van der Waals surface area contributed by atoms with E-state index in [0.29, 0.717) is 13.0 Å². The van der Waals surface area contributed by atoms with Gasteiger partial charge in [-0.25, -0.2) is 0 Å². The highest BCUT2D eigenvalue weighted by molar-refractivity contribution is 7.11. The van der Waals surface area contributed by atoms with Crippen LogP contribution < -0.4 is 10.6 Å². The molecule has 0 radical (unpaired) electrons. The number of amides is 1. The van der Waals surface area contributed by atoms with E-state index in [2.05, 4.69) is 29.7 Å². The lowest BCUT2D eigenvalue weighted by Gasteiger charge is -2.22. The van der Waals surface area contributed by atoms with E-state index in [0.717, 1.165) is 25.4 Å². The smallest absolute Gasteiger partial charge is 0.220 e. The molecule has 19 heavy (non-hydrogen) atoms. The summed E-state index contributed by atoms with van der Waals surface area (Å²) in [6.45, 7) is 5.00. The summed E-state index contributed by atoms with van der Waals surface area (Å²) in [5.74, 6) is 0.931. The molecule has 0 bridgehead atoms. The summed E-state index contributed by atoms with van der Waals surface area (Å²) in [6, 6.07) is 4.19. The predicted molar refractivity (Wildman–Crippen MR) is 83.0 cm³/mol. The van der Waals surface area contributed by atoms with E-state index in [-0.39, 0.29) is 18.3 Å². The first-order chi connectivity index (χ1) is 8.74. The van der Waals surface area contributed by atoms with E-state index in [4.69, 9.17) is 0 Å². The van der Waals surface area contributed by atoms with Crippen molar-refractivity contribution in [2.45, 2.75) is 39.2 Å². The normalized spacial score (nSPS) is 15.8. The van der Waals surface area contributed by atoms with Crippen molar-refractivity contribution in [1.29, 1.82) is 0 Å². The largest absolute Gasteiger partial charge is 0.351 e. The summed E-state index contributed by atoms with van der Waals surface area (Å²) in [5, 5.41) is 6.36. The van der Waals surface area contributed by atoms with Gasteiger partial charge in [0.25, 0.3) is 0 Å². The number of nitrogens with one attached hydrogen (secondary N) is 2. The first kappa shape index (κ1) is 16.5. The van der Waals surface area contributed by atoms with E-state index >= 15 is 0 Å². The van der Waals surface area contributed by atoms with Gasteiger partial charge in [-0.1, -0.05) is 0 Å². The Bertz CT molecular complexity index is 389. The molecule has 0 spiro atoms. The van der Waals surface area contributed by atoms with Gasteiger partial charge in [-0.15, -0.1) is 23.7 Å². The Morgan fingerprint density at radius 3 is 2.79 bits per heavy atom. The Kier molecular flexibility index (Phi) is 7.42. The van der Waals surface area contributed by atoms with Crippen molar-refractivity contribution >= 4 is 29.7 Å². The number of halogens is 1. The summed E-state index contributed by atoms with van der Waals surface area (Å²) < 4.78 is 0. The molecule has 1 aliphatic rings. The fraction of sp³-hybridized carbons (Fsp3) is 0.643. The third-order valence-electron chi connectivity index (χ3n) is 3.49. The van der Waals surface area contributed by atoms with Crippen LogP contribution in [0.3, 0.4) is 0 Å². The van der Waals surface area contributed by atoms with Crippen molar-refractivity contribution in [3.8, 4) is 0 Å². The summed E-state index contributed by atoms with van der Waals surface area (Å²) >= 11 is 1.75. The lowest BCUT2D eigenvalue weighted by atomic mass is 9.93. The van der Waals surface area contributed by atoms with Crippen molar-refractivity contribution in [3.05, 3.63) is 21.9 Å². The summed E-state index contributed by atoms with van der Waals surface area (Å²) in [7, 11) is 0. The van der Waals surface area contributed by atoms with Crippen molar-refractivity contribution < 1.29 is 4.79 Å². The van der Waals surface area contributed by atoms with E-state index in [1.54, 1.807) is 11.3 Å². The van der Waals surface area contributed by atoms with Gasteiger partial charge in [0.1, 0.15) is 0 Å². The van der Waals surface area contributed by atoms with Crippen molar-refractivity contribution in [1.82, 2.24) is 10.6 Å². The molecule has 0 aromatic carbocycles. The maximum absolute atomic E-state index is 11.7. The van der Waals surface area contributed by atoms with Gasteiger partial charge in [0.2, 0.25) is 5.91 Å². The van der Waals surface area contributed by atoms with Gasteiger partial charge in [-0.05, 0) is 57.3 Å². The topological polar surface area (TPSA) is 41.1 Å². The monoisotopic (exact) mass is 302 g/mol. The second-order valence-electron chi connectivity index (χ2n) is 5.02. The Morgan fingerprint density at radius 2 is 2.16 bits per heavy atom. The molecule has 5 heteroatoms. The van der Waals surface area contributed by atoms with Crippen LogP contribution in [0.25, 0.3) is 0 Å². The highest BCUT2D eigenvalue weighted by atomic mass is 35.5. The highest BCUT2D eigenvalue weighted by Gasteiger charge is 2.14. The number of hydrogen-bond acceptors (Lipinski definition) is 3. The van der Waals surface area contributed by atoms with Crippen molar-refractivity contribution in [2.75, 3.05) is 13.1 Å². The zero-order chi connectivity index (χ0) is 12.8. The van der Waals surface area contributed by atoms with Crippen molar-refractivity contribution in [2.24, 2.45) is 5.92 Å². The molecule has 1 aromatic heterocycles. The van der Waals surface area contributed by atoms with E-state index in [1.165, 1.54) is 22.6 Å². The van der Waals surface area contributed by atoms with Gasteiger partial charge in [0.05, 0.1) is 6.54 Å². The second-order valence-corrected chi connectivity index (χ2v) is 6.39. The Balaban J connectivity index is 0.00000180. The lowest BCUT2D eigenvalue weighted by molar-refractivity contribution is -0.121. The van der Waals surface area contributed by atoms with Crippen LogP contribution in [0.5, 0.6) is 0 Å². The maximum Gasteiger partial charge on any atom is 0.220 e. The van der Waals surface area contributed by atoms with Gasteiger partial charge in [-0.2, -0.15) is 0 Å². The highest BCUT2D eigenvalue weighted by Crippen LogP contribution is 2.18. The summed E-state index contributed by atoms with van der Waals surface area (Å²) in [5.41, 5.74) is 0. The molecule has 1 aromatic rings. The van der Waals surface area contributed by atoms with E-state index in [1.807, 2.05) is 0 Å². The van der Waals surface area contributed by atoms with Crippen LogP contribution in [0.4, 0.5) is 0 Å². The van der Waals surface area contributed by atoms with Crippen LogP contribution in [0, 0.1) is 12.8 Å². The lowest BCUT2D eigenvalue weighted by Crippen LogP contribution is -2.29. The first-order valence-electron chi connectivity index (χ1n) is 6.77. The van der Waals surface area contributed by atoms with Crippen molar-refractivity contribution in [3.63, 3.8) is 0 Å². The van der Waals surface area contributed by atoms with Crippen LogP contribution in [-0.2, 0) is 11.3 Å². The number of thiophene rings is 1. The molecule has 1 fully saturated rings. The molecule has 0 aliphatic carbocycles. The minimum absolute atomic E-state index is 0. The molecule has 1 amide bonds. The molecule has 1 saturated heterocycles. The van der Waals surface area contributed by atoms with Crippen LogP contribution in [0.1, 0.15) is 35.4 Å². The molecule has 3 nitrogen and oxygen atoms in total. The van der Waals surface area contributed by atoms with Crippen LogP contribution in [0.2, 0.25) is 0 Å². The van der Waals surface area contributed by atoms with Crippen LogP contribution >= 0.6 is 23.7 Å². The summed E-state index contributed by atoms with van der Waals surface area (Å²) in [6.07, 6.45) is 4.15. The predicted octanol–water partition coefficient (Wildman–Crippen LogP) is 2.87. The van der Waals surface area contributed by atoms with Gasteiger partial charge < -0.3 is 10.6 Å². The fourth-order valence-corrected chi connectivity index (χ4v) is 3.19. The Morgan fingerprint density at radius 1 is 1.42 bits per heavy atom. The minimum Gasteiger partial charge on any atom is -0.351 e. The second kappa shape index (κ2) is 8.56. The zero-order valence-electron chi connectivity index (χ0n) is 11.4. The first-order valence-corrected chi connectivity index (χ1v) is 7.58. The average molecular weight is 303 g/mol. The molecular formula is C14H23ClN2OS. The number of rotatable bonds is 5. The van der Waals surface area contributed by atoms with Crippen LogP contribution in [0.15, 0.2) is 12.1 Å². The number of hydrogen-bond donors (Lipinski definition) is 2. The average Bonchev–Trinajstić information content (AvgIpc) is 2.81. The minimum atomic E-state index is 0. The standard InChI is InChI=1S/C14H22N2OS.ClH/c1-11-2-4-13(18-11)10-16-14(17)5-3-12-6-8-15-9-7-12;/h2,4,12,15H,3,5-10H2,1H3,(H,16,17);1H. The molecule has 0 unspecified atom stereocenters. The van der Waals surface area contributed by atoms with Gasteiger partial charge in [-0.3, -0.25) is 4.79 Å². The molecule has 0 atom stereocenters. The van der Waals surface area contributed by atoms with Gasteiger partial charge in [0, 0.05) is 16.2 Å². The molecule has 2 heterocycles. The quantitative estimate of drug-likeness (QED) is 0.878. The Hall–Kier alpha value is -0.580. The number of carbonyl (C=O) groups is 1. The van der Waals surface area contributed by atoms with Crippen LogP contribution in [-0.4, -0.2) is 19.0 Å². The molecular weight excluding hydrogens is 280 g/mol. The fourth-order valence-electron chi connectivity index (χ4n) is 2.36. The van der Waals surface area contributed by atoms with E-state index < -0.39 is 0 Å². The number of aryl methyl sites for hydroxylation is 1. The SMILES string of the molecule is Cc1ccc(CNC(=O)CCC2CCNCC2)s1.Cl. The van der Waals surface area contributed by atoms with E-state index in [9.17, 15) is 4.79 Å². The zero-order valence-corrected chi connectivity index (χ0v) is 13.0. The third kappa shape index (κ3) is 5.93. The molecule has 2 rings (SSSR count).